The van der Waals surface area contributed by atoms with Crippen molar-refractivity contribution in [3.63, 3.8) is 0 Å². The highest BCUT2D eigenvalue weighted by Crippen LogP contribution is 2.35. The fraction of sp³-hybridized carbons (Fsp3) is 0.320. The smallest absolute Gasteiger partial charge is 0.261 e. The second kappa shape index (κ2) is 9.03. The summed E-state index contributed by atoms with van der Waals surface area (Å²) in [5.41, 5.74) is 8.33. The van der Waals surface area contributed by atoms with E-state index in [0.717, 1.165) is 31.2 Å². The third-order valence-corrected chi connectivity index (χ3v) is 6.23. The Morgan fingerprint density at radius 3 is 2.41 bits per heavy atom. The molecule has 32 heavy (non-hydrogen) atoms. The van der Waals surface area contributed by atoms with Gasteiger partial charge >= 0.3 is 0 Å². The molecular weight excluding hydrogens is 407 g/mol. The van der Waals surface area contributed by atoms with Crippen LogP contribution in [0.4, 0.5) is 10.1 Å². The van der Waals surface area contributed by atoms with E-state index in [1.54, 1.807) is 41.9 Å². The van der Waals surface area contributed by atoms with E-state index < -0.39 is 5.82 Å². The van der Waals surface area contributed by atoms with Gasteiger partial charge < -0.3 is 10.8 Å². The topological polar surface area (TPSA) is 85.5 Å². The quantitative estimate of drug-likeness (QED) is 0.603. The van der Waals surface area contributed by atoms with Gasteiger partial charge in [0.25, 0.3) is 5.56 Å². The van der Waals surface area contributed by atoms with Crippen molar-refractivity contribution in [1.82, 2.24) is 9.55 Å². The van der Waals surface area contributed by atoms with Gasteiger partial charge in [0.15, 0.2) is 0 Å². The van der Waals surface area contributed by atoms with Gasteiger partial charge in [-0.25, -0.2) is 14.2 Å². The lowest BCUT2D eigenvalue weighted by Gasteiger charge is -2.27. The molecule has 2 aromatic carbocycles. The van der Waals surface area contributed by atoms with Crippen LogP contribution in [-0.2, 0) is 13.7 Å². The molecule has 1 aromatic heterocycles. The molecule has 1 heterocycles. The Kier molecular flexibility index (Phi) is 6.17. The molecule has 7 heteroatoms. The molecule has 164 valence electrons. The van der Waals surface area contributed by atoms with Crippen molar-refractivity contribution in [3.05, 3.63) is 81.4 Å². The Morgan fingerprint density at radius 1 is 1.16 bits per heavy atom. The Balaban J connectivity index is 1.93. The lowest BCUT2D eigenvalue weighted by atomic mass is 9.85. The fourth-order valence-electron chi connectivity index (χ4n) is 4.35. The maximum Gasteiger partial charge on any atom is 0.261 e. The molecule has 0 spiro atoms. The summed E-state index contributed by atoms with van der Waals surface area (Å²) in [6.45, 7) is 7.00. The summed E-state index contributed by atoms with van der Waals surface area (Å²) < 4.78 is 16.1. The SMILES string of the molecule is [C-]#[N+]c1ccc(-c2nc(C3CCC(N)CC3)n(C)c(=O)c2-c2ccc(CO)cc2)cc1F. The Bertz CT molecular complexity index is 1240. The second-order valence-electron chi connectivity index (χ2n) is 8.30. The van der Waals surface area contributed by atoms with Crippen LogP contribution in [0, 0.1) is 12.4 Å². The molecule has 0 bridgehead atoms. The Hall–Kier alpha value is -3.34. The molecule has 0 amide bonds. The van der Waals surface area contributed by atoms with Gasteiger partial charge in [0.1, 0.15) is 11.6 Å². The van der Waals surface area contributed by atoms with Crippen molar-refractivity contribution < 1.29 is 9.50 Å². The van der Waals surface area contributed by atoms with Crippen LogP contribution in [-0.4, -0.2) is 20.7 Å². The predicted octanol–water partition coefficient (Wildman–Crippen LogP) is 4.28. The van der Waals surface area contributed by atoms with Crippen LogP contribution in [0.15, 0.2) is 47.3 Å². The maximum atomic E-state index is 14.5. The predicted molar refractivity (Wildman–Crippen MR) is 122 cm³/mol. The molecular formula is C25H25FN4O2. The molecule has 3 aromatic rings. The van der Waals surface area contributed by atoms with E-state index in [0.29, 0.717) is 28.2 Å². The molecule has 0 unspecified atom stereocenters. The van der Waals surface area contributed by atoms with Gasteiger partial charge in [-0.2, -0.15) is 0 Å². The Labute approximate surface area is 186 Å². The summed E-state index contributed by atoms with van der Waals surface area (Å²) in [7, 11) is 1.72. The summed E-state index contributed by atoms with van der Waals surface area (Å²) in [6.07, 6.45) is 3.43. The first-order valence-corrected chi connectivity index (χ1v) is 10.7. The number of nitrogens with two attached hydrogens (primary N) is 1. The summed E-state index contributed by atoms with van der Waals surface area (Å²) in [5.74, 6) is 0.124. The van der Waals surface area contributed by atoms with Gasteiger partial charge in [-0.1, -0.05) is 36.4 Å². The minimum absolute atomic E-state index is 0.0760. The first-order valence-electron chi connectivity index (χ1n) is 10.7. The minimum Gasteiger partial charge on any atom is -0.392 e. The molecule has 6 nitrogen and oxygen atoms in total. The third-order valence-electron chi connectivity index (χ3n) is 6.23. The summed E-state index contributed by atoms with van der Waals surface area (Å²) >= 11 is 0. The maximum absolute atomic E-state index is 14.5. The Morgan fingerprint density at radius 2 is 1.81 bits per heavy atom. The van der Waals surface area contributed by atoms with E-state index in [-0.39, 0.29) is 29.8 Å². The van der Waals surface area contributed by atoms with Gasteiger partial charge in [-0.3, -0.25) is 9.36 Å². The molecule has 0 radical (unpaired) electrons. The van der Waals surface area contributed by atoms with Gasteiger partial charge in [0.05, 0.1) is 24.4 Å². The fourth-order valence-corrected chi connectivity index (χ4v) is 4.35. The zero-order chi connectivity index (χ0) is 22.8. The second-order valence-corrected chi connectivity index (χ2v) is 8.30. The first-order chi connectivity index (χ1) is 15.4. The van der Waals surface area contributed by atoms with Crippen LogP contribution in [0.2, 0.25) is 0 Å². The first kappa shape index (κ1) is 21.9. The van der Waals surface area contributed by atoms with Crippen molar-refractivity contribution in [2.24, 2.45) is 12.8 Å². The van der Waals surface area contributed by atoms with E-state index in [1.807, 2.05) is 0 Å². The van der Waals surface area contributed by atoms with Crippen molar-refractivity contribution in [3.8, 4) is 22.4 Å². The molecule has 0 atom stereocenters. The molecule has 4 rings (SSSR count). The van der Waals surface area contributed by atoms with Crippen molar-refractivity contribution in [2.45, 2.75) is 44.2 Å². The normalized spacial score (nSPS) is 18.3. The number of hydrogen-bond donors (Lipinski definition) is 2. The molecule has 0 saturated heterocycles. The number of aliphatic hydroxyl groups is 1. The number of aromatic nitrogens is 2. The zero-order valence-corrected chi connectivity index (χ0v) is 17.9. The van der Waals surface area contributed by atoms with Crippen LogP contribution in [0.3, 0.4) is 0 Å². The summed E-state index contributed by atoms with van der Waals surface area (Å²) in [5, 5.41) is 9.36. The number of hydrogen-bond acceptors (Lipinski definition) is 4. The van der Waals surface area contributed by atoms with Crippen LogP contribution < -0.4 is 11.3 Å². The molecule has 1 saturated carbocycles. The zero-order valence-electron chi connectivity index (χ0n) is 17.9. The van der Waals surface area contributed by atoms with E-state index in [1.165, 1.54) is 12.1 Å². The average molecular weight is 432 g/mol. The van der Waals surface area contributed by atoms with E-state index in [4.69, 9.17) is 17.3 Å². The number of rotatable bonds is 4. The largest absolute Gasteiger partial charge is 0.392 e. The number of benzene rings is 2. The summed E-state index contributed by atoms with van der Waals surface area (Å²) in [6, 6.07) is 11.5. The highest BCUT2D eigenvalue weighted by Gasteiger charge is 2.26. The van der Waals surface area contributed by atoms with Gasteiger partial charge in [0, 0.05) is 24.6 Å². The van der Waals surface area contributed by atoms with Gasteiger partial charge in [-0.05, 0) is 42.9 Å². The van der Waals surface area contributed by atoms with Gasteiger partial charge in [0.2, 0.25) is 5.69 Å². The number of nitrogens with zero attached hydrogens (tertiary/aromatic N) is 3. The van der Waals surface area contributed by atoms with Crippen molar-refractivity contribution >= 4 is 5.69 Å². The van der Waals surface area contributed by atoms with Crippen molar-refractivity contribution in [1.29, 1.82) is 0 Å². The standard InChI is InChI=1S/C25H25FN4O2/c1-28-21-12-9-18(13-20(21)26)23-22(16-5-3-15(14-31)4-6-16)25(32)30(2)24(29-23)17-7-10-19(27)11-8-17/h3-6,9,12-13,17,19,31H,7-8,10-11,14,27H2,2H3. The van der Waals surface area contributed by atoms with Gasteiger partial charge in [-0.15, -0.1) is 0 Å². The number of aliphatic hydroxyl groups excluding tert-OH is 1. The highest BCUT2D eigenvalue weighted by molar-refractivity contribution is 5.81. The third kappa shape index (κ3) is 4.07. The van der Waals surface area contributed by atoms with E-state index in [9.17, 15) is 14.3 Å². The molecule has 3 N–H and O–H groups in total. The average Bonchev–Trinajstić information content (AvgIpc) is 2.81. The lowest BCUT2D eigenvalue weighted by Crippen LogP contribution is -2.31. The van der Waals surface area contributed by atoms with E-state index >= 15 is 0 Å². The lowest BCUT2D eigenvalue weighted by molar-refractivity contribution is 0.282. The van der Waals surface area contributed by atoms with Crippen LogP contribution in [0.1, 0.15) is 43.0 Å². The van der Waals surface area contributed by atoms with Crippen LogP contribution >= 0.6 is 0 Å². The van der Waals surface area contributed by atoms with E-state index in [2.05, 4.69) is 4.85 Å². The molecule has 1 aliphatic carbocycles. The summed E-state index contributed by atoms with van der Waals surface area (Å²) in [4.78, 5) is 21.6. The number of halogens is 1. The molecule has 1 aliphatic rings. The molecule has 0 aliphatic heterocycles. The van der Waals surface area contributed by atoms with Crippen LogP contribution in [0.5, 0.6) is 0 Å². The monoisotopic (exact) mass is 432 g/mol. The van der Waals surface area contributed by atoms with Crippen molar-refractivity contribution in [2.75, 3.05) is 0 Å². The molecule has 1 fully saturated rings. The highest BCUT2D eigenvalue weighted by atomic mass is 19.1. The minimum atomic E-state index is -0.647. The van der Waals surface area contributed by atoms with Crippen LogP contribution in [0.25, 0.3) is 27.2 Å².